The first-order valence-electron chi connectivity index (χ1n) is 10.7. The molecular formula is C28H24N2O4. The van der Waals surface area contributed by atoms with Crippen LogP contribution in [0, 0.1) is 0 Å². The number of ether oxygens (including phenoxy) is 2. The lowest BCUT2D eigenvalue weighted by Crippen LogP contribution is -2.13. The number of hydrogen-bond acceptors (Lipinski definition) is 4. The van der Waals surface area contributed by atoms with Crippen LogP contribution in [0.15, 0.2) is 103 Å². The summed E-state index contributed by atoms with van der Waals surface area (Å²) in [5.41, 5.74) is 3.28. The molecule has 6 nitrogen and oxygen atoms in total. The molecule has 0 saturated heterocycles. The third-order valence-corrected chi connectivity index (χ3v) is 5.10. The van der Waals surface area contributed by atoms with Crippen molar-refractivity contribution in [2.24, 2.45) is 0 Å². The van der Waals surface area contributed by atoms with Gasteiger partial charge in [-0.2, -0.15) is 0 Å². The Morgan fingerprint density at radius 2 is 1.21 bits per heavy atom. The highest BCUT2D eigenvalue weighted by Gasteiger charge is 2.12. The van der Waals surface area contributed by atoms with E-state index < -0.39 is 0 Å². The van der Waals surface area contributed by atoms with Crippen LogP contribution in [-0.2, 0) is 6.61 Å². The summed E-state index contributed by atoms with van der Waals surface area (Å²) >= 11 is 0. The molecule has 4 rings (SSSR count). The van der Waals surface area contributed by atoms with Gasteiger partial charge in [0.25, 0.3) is 11.8 Å². The molecule has 0 aliphatic carbocycles. The summed E-state index contributed by atoms with van der Waals surface area (Å²) in [6, 6.07) is 30.8. The first-order chi connectivity index (χ1) is 16.6. The van der Waals surface area contributed by atoms with E-state index in [1.165, 1.54) is 7.11 Å². The van der Waals surface area contributed by atoms with E-state index in [2.05, 4.69) is 10.6 Å². The molecule has 0 saturated carbocycles. The van der Waals surface area contributed by atoms with Crippen LogP contribution in [0.3, 0.4) is 0 Å². The van der Waals surface area contributed by atoms with Crippen molar-refractivity contribution in [2.45, 2.75) is 6.61 Å². The predicted molar refractivity (Wildman–Crippen MR) is 133 cm³/mol. The molecule has 0 heterocycles. The molecule has 4 aromatic rings. The van der Waals surface area contributed by atoms with Gasteiger partial charge in [0.05, 0.1) is 7.11 Å². The fraction of sp³-hybridized carbons (Fsp3) is 0.0714. The zero-order valence-corrected chi connectivity index (χ0v) is 18.7. The van der Waals surface area contributed by atoms with Gasteiger partial charge >= 0.3 is 0 Å². The van der Waals surface area contributed by atoms with Crippen LogP contribution in [0.25, 0.3) is 0 Å². The van der Waals surface area contributed by atoms with E-state index in [9.17, 15) is 9.59 Å². The number of carbonyl (C=O) groups excluding carboxylic acids is 2. The summed E-state index contributed by atoms with van der Waals surface area (Å²) in [6.45, 7) is 0.399. The Hall–Kier alpha value is -4.58. The summed E-state index contributed by atoms with van der Waals surface area (Å²) < 4.78 is 11.3. The van der Waals surface area contributed by atoms with Crippen LogP contribution in [0.1, 0.15) is 26.3 Å². The summed E-state index contributed by atoms with van der Waals surface area (Å²) in [5.74, 6) is 0.553. The number of nitrogens with one attached hydrogen (secondary N) is 2. The summed E-state index contributed by atoms with van der Waals surface area (Å²) in [5, 5.41) is 5.68. The Balaban J connectivity index is 1.37. The van der Waals surface area contributed by atoms with E-state index in [-0.39, 0.29) is 11.8 Å². The molecule has 0 aliphatic rings. The van der Waals surface area contributed by atoms with Crippen LogP contribution in [0.5, 0.6) is 11.5 Å². The van der Waals surface area contributed by atoms with Crippen LogP contribution >= 0.6 is 0 Å². The third-order valence-electron chi connectivity index (χ3n) is 5.10. The second-order valence-electron chi connectivity index (χ2n) is 7.49. The van der Waals surface area contributed by atoms with E-state index in [4.69, 9.17) is 9.47 Å². The maximum absolute atomic E-state index is 12.7. The average molecular weight is 453 g/mol. The Kier molecular flexibility index (Phi) is 7.20. The standard InChI is InChI=1S/C28H24N2O4/c1-33-26-18-22(12-17-25(26)34-19-20-8-4-2-5-9-20)28(32)30-24-15-13-23(14-16-24)29-27(31)21-10-6-3-7-11-21/h2-18H,19H2,1H3,(H,29,31)(H,30,32). The quantitative estimate of drug-likeness (QED) is 0.355. The highest BCUT2D eigenvalue weighted by molar-refractivity contribution is 6.06. The molecule has 0 spiro atoms. The van der Waals surface area contributed by atoms with Crippen molar-refractivity contribution in [3.63, 3.8) is 0 Å². The number of benzene rings is 4. The lowest BCUT2D eigenvalue weighted by Gasteiger charge is -2.13. The molecule has 0 atom stereocenters. The SMILES string of the molecule is COc1cc(C(=O)Nc2ccc(NC(=O)c3ccccc3)cc2)ccc1OCc1ccccc1. The first kappa shape index (κ1) is 22.6. The largest absolute Gasteiger partial charge is 0.493 e. The summed E-state index contributed by atoms with van der Waals surface area (Å²) in [4.78, 5) is 25.0. The topological polar surface area (TPSA) is 76.7 Å². The average Bonchev–Trinajstić information content (AvgIpc) is 2.89. The number of carbonyl (C=O) groups is 2. The van der Waals surface area contributed by atoms with Crippen molar-refractivity contribution in [3.05, 3.63) is 120 Å². The second kappa shape index (κ2) is 10.8. The zero-order chi connectivity index (χ0) is 23.8. The van der Waals surface area contributed by atoms with Gasteiger partial charge in [-0.15, -0.1) is 0 Å². The van der Waals surface area contributed by atoms with Gasteiger partial charge in [-0.05, 0) is 60.2 Å². The fourth-order valence-corrected chi connectivity index (χ4v) is 3.30. The minimum absolute atomic E-state index is 0.195. The minimum Gasteiger partial charge on any atom is -0.493 e. The monoisotopic (exact) mass is 452 g/mol. The second-order valence-corrected chi connectivity index (χ2v) is 7.49. The summed E-state index contributed by atoms with van der Waals surface area (Å²) in [7, 11) is 1.54. The maximum atomic E-state index is 12.7. The lowest BCUT2D eigenvalue weighted by molar-refractivity contribution is 0.101. The van der Waals surface area contributed by atoms with Crippen molar-refractivity contribution in [2.75, 3.05) is 17.7 Å². The Morgan fingerprint density at radius 3 is 1.79 bits per heavy atom. The third kappa shape index (κ3) is 5.81. The molecule has 0 unspecified atom stereocenters. The van der Waals surface area contributed by atoms with Crippen molar-refractivity contribution < 1.29 is 19.1 Å². The van der Waals surface area contributed by atoms with Gasteiger partial charge in [0.2, 0.25) is 0 Å². The minimum atomic E-state index is -0.283. The van der Waals surface area contributed by atoms with E-state index in [1.807, 2.05) is 48.5 Å². The van der Waals surface area contributed by atoms with Crippen LogP contribution in [0.2, 0.25) is 0 Å². The van der Waals surface area contributed by atoms with Gasteiger partial charge in [-0.1, -0.05) is 48.5 Å². The van der Waals surface area contributed by atoms with E-state index in [0.717, 1.165) is 5.56 Å². The van der Waals surface area contributed by atoms with Crippen LogP contribution in [-0.4, -0.2) is 18.9 Å². The van der Waals surface area contributed by atoms with Gasteiger partial charge in [0, 0.05) is 22.5 Å². The molecule has 2 amide bonds. The van der Waals surface area contributed by atoms with Gasteiger partial charge in [-0.25, -0.2) is 0 Å². The van der Waals surface area contributed by atoms with E-state index >= 15 is 0 Å². The van der Waals surface area contributed by atoms with Crippen molar-refractivity contribution in [3.8, 4) is 11.5 Å². The molecule has 4 aromatic carbocycles. The molecule has 34 heavy (non-hydrogen) atoms. The normalized spacial score (nSPS) is 10.3. The summed E-state index contributed by atoms with van der Waals surface area (Å²) in [6.07, 6.45) is 0. The molecule has 2 N–H and O–H groups in total. The van der Waals surface area contributed by atoms with Crippen molar-refractivity contribution in [1.29, 1.82) is 0 Å². The van der Waals surface area contributed by atoms with E-state index in [0.29, 0.717) is 40.6 Å². The highest BCUT2D eigenvalue weighted by atomic mass is 16.5. The van der Waals surface area contributed by atoms with Gasteiger partial charge in [-0.3, -0.25) is 9.59 Å². The van der Waals surface area contributed by atoms with Crippen molar-refractivity contribution >= 4 is 23.2 Å². The fourth-order valence-electron chi connectivity index (χ4n) is 3.30. The van der Waals surface area contributed by atoms with Gasteiger partial charge in [0.1, 0.15) is 6.61 Å². The number of anilines is 2. The number of methoxy groups -OCH3 is 1. The van der Waals surface area contributed by atoms with Crippen LogP contribution < -0.4 is 20.1 Å². The molecule has 0 aromatic heterocycles. The van der Waals surface area contributed by atoms with Crippen LogP contribution in [0.4, 0.5) is 11.4 Å². The first-order valence-corrected chi connectivity index (χ1v) is 10.7. The molecule has 0 aliphatic heterocycles. The van der Waals surface area contributed by atoms with Gasteiger partial charge < -0.3 is 20.1 Å². The van der Waals surface area contributed by atoms with Crippen molar-refractivity contribution in [1.82, 2.24) is 0 Å². The Labute approximate surface area is 198 Å². The number of amides is 2. The molecule has 6 heteroatoms. The maximum Gasteiger partial charge on any atom is 0.255 e. The smallest absolute Gasteiger partial charge is 0.255 e. The molecule has 0 radical (unpaired) electrons. The predicted octanol–water partition coefficient (Wildman–Crippen LogP) is 5.78. The number of hydrogen-bond donors (Lipinski definition) is 2. The van der Waals surface area contributed by atoms with E-state index in [1.54, 1.807) is 54.6 Å². The molecule has 170 valence electrons. The lowest BCUT2D eigenvalue weighted by atomic mass is 10.1. The number of rotatable bonds is 8. The highest BCUT2D eigenvalue weighted by Crippen LogP contribution is 2.29. The zero-order valence-electron chi connectivity index (χ0n) is 18.7. The Morgan fingerprint density at radius 1 is 0.647 bits per heavy atom. The van der Waals surface area contributed by atoms with Gasteiger partial charge in [0.15, 0.2) is 11.5 Å². The molecule has 0 bridgehead atoms. The molecule has 0 fully saturated rings. The molecular weight excluding hydrogens is 428 g/mol. The Bertz CT molecular complexity index is 1260.